The molecule has 0 spiro atoms. The molecule has 0 aliphatic rings. The Labute approximate surface area is 143 Å². The van der Waals surface area contributed by atoms with Crippen LogP contribution in [0.25, 0.3) is 4.96 Å². The first-order chi connectivity index (χ1) is 10.9. The summed E-state index contributed by atoms with van der Waals surface area (Å²) in [6.45, 7) is 3.66. The van der Waals surface area contributed by atoms with Gasteiger partial charge in [-0.15, -0.1) is 11.8 Å². The fourth-order valence-electron chi connectivity index (χ4n) is 2.18. The molecule has 6 nitrogen and oxygen atoms in total. The highest BCUT2D eigenvalue weighted by molar-refractivity contribution is 7.98. The van der Waals surface area contributed by atoms with Gasteiger partial charge in [-0.25, -0.2) is 4.98 Å². The maximum atomic E-state index is 12.7. The highest BCUT2D eigenvalue weighted by Crippen LogP contribution is 2.25. The van der Waals surface area contributed by atoms with Crippen LogP contribution in [0, 0.1) is 6.92 Å². The molecule has 1 aromatic carbocycles. The summed E-state index contributed by atoms with van der Waals surface area (Å²) in [6, 6.07) is 7.24. The maximum Gasteiger partial charge on any atom is 0.281 e. The molecule has 2 aromatic heterocycles. The van der Waals surface area contributed by atoms with Crippen LogP contribution in [0.3, 0.4) is 0 Å². The maximum absolute atomic E-state index is 12.7. The zero-order chi connectivity index (χ0) is 16.6. The van der Waals surface area contributed by atoms with E-state index in [0.29, 0.717) is 16.3 Å². The summed E-state index contributed by atoms with van der Waals surface area (Å²) >= 11 is 3.01. The molecule has 3 rings (SSSR count). The van der Waals surface area contributed by atoms with Gasteiger partial charge in [-0.05, 0) is 43.9 Å². The number of thioether (sulfide) groups is 1. The van der Waals surface area contributed by atoms with Crippen molar-refractivity contribution in [1.29, 1.82) is 0 Å². The Morgan fingerprint density at radius 2 is 2.00 bits per heavy atom. The van der Waals surface area contributed by atoms with Gasteiger partial charge in [0.05, 0.1) is 5.69 Å². The van der Waals surface area contributed by atoms with E-state index in [1.54, 1.807) is 30.8 Å². The van der Waals surface area contributed by atoms with Crippen LogP contribution in [0.15, 0.2) is 34.2 Å². The van der Waals surface area contributed by atoms with Gasteiger partial charge in [-0.2, -0.15) is 18.0 Å². The van der Waals surface area contributed by atoms with E-state index in [-0.39, 0.29) is 5.03 Å². The molecule has 122 valence electrons. The lowest BCUT2D eigenvalue weighted by Crippen LogP contribution is -2.16. The van der Waals surface area contributed by atoms with Gasteiger partial charge in [-0.1, -0.05) is 18.3 Å². The number of aryl methyl sites for hydroxylation is 2. The van der Waals surface area contributed by atoms with Crippen LogP contribution in [0.1, 0.15) is 17.6 Å². The average Bonchev–Trinajstić information content (AvgIpc) is 3.03. The minimum atomic E-state index is -3.75. The van der Waals surface area contributed by atoms with Crippen molar-refractivity contribution in [2.75, 3.05) is 11.0 Å². The molecule has 9 heteroatoms. The molecule has 23 heavy (non-hydrogen) atoms. The smallest absolute Gasteiger partial charge is 0.278 e. The molecule has 0 unspecified atom stereocenters. The Morgan fingerprint density at radius 3 is 2.61 bits per heavy atom. The molecule has 0 saturated heterocycles. The predicted molar refractivity (Wildman–Crippen MR) is 94.0 cm³/mol. The Kier molecular flexibility index (Phi) is 4.35. The monoisotopic (exact) mass is 368 g/mol. The molecule has 0 atom stereocenters. The van der Waals surface area contributed by atoms with Gasteiger partial charge in [0.15, 0.2) is 0 Å². The Bertz CT molecular complexity index is 942. The first kappa shape index (κ1) is 16.3. The number of benzene rings is 1. The molecule has 0 aliphatic carbocycles. The lowest BCUT2D eigenvalue weighted by Gasteiger charge is -2.08. The summed E-state index contributed by atoms with van der Waals surface area (Å²) in [4.78, 5) is 5.98. The van der Waals surface area contributed by atoms with E-state index in [1.165, 1.54) is 15.9 Å². The van der Waals surface area contributed by atoms with Crippen LogP contribution in [0.4, 0.5) is 5.69 Å². The molecule has 0 fully saturated rings. The standard InChI is InChI=1S/C14H16N4O2S3/c1-4-12-16-18-13(9(2)15-14(18)22-12)23(19,20)17-10-5-7-11(21-3)8-6-10/h5-8,17H,4H2,1-3H3. The van der Waals surface area contributed by atoms with Crippen LogP contribution in [0.2, 0.25) is 0 Å². The van der Waals surface area contributed by atoms with Gasteiger partial charge < -0.3 is 0 Å². The van der Waals surface area contributed by atoms with E-state index in [1.807, 2.05) is 25.3 Å². The van der Waals surface area contributed by atoms with Crippen LogP contribution >= 0.6 is 23.1 Å². The van der Waals surface area contributed by atoms with Gasteiger partial charge >= 0.3 is 0 Å². The third kappa shape index (κ3) is 3.08. The number of hydrogen-bond donors (Lipinski definition) is 1. The number of nitrogens with zero attached hydrogens (tertiary/aromatic N) is 3. The summed E-state index contributed by atoms with van der Waals surface area (Å²) in [7, 11) is -3.75. The van der Waals surface area contributed by atoms with E-state index in [2.05, 4.69) is 14.8 Å². The zero-order valence-electron chi connectivity index (χ0n) is 12.9. The Hall–Kier alpha value is -1.58. The number of nitrogens with one attached hydrogen (secondary N) is 1. The van der Waals surface area contributed by atoms with Crippen LogP contribution in [-0.4, -0.2) is 29.3 Å². The molecule has 0 saturated carbocycles. The number of rotatable bonds is 5. The SMILES string of the molecule is CCc1nn2c(S(=O)(=O)Nc3ccc(SC)cc3)c(C)nc2s1. The summed E-state index contributed by atoms with van der Waals surface area (Å²) < 4.78 is 29.5. The molecule has 0 aliphatic heterocycles. The van der Waals surface area contributed by atoms with Crippen molar-refractivity contribution in [2.24, 2.45) is 0 Å². The van der Waals surface area contributed by atoms with E-state index in [9.17, 15) is 8.42 Å². The van der Waals surface area contributed by atoms with Crippen molar-refractivity contribution in [3.8, 4) is 0 Å². The molecule has 2 heterocycles. The number of hydrogen-bond acceptors (Lipinski definition) is 6. The molecule has 1 N–H and O–H groups in total. The molecular formula is C14H16N4O2S3. The van der Waals surface area contributed by atoms with Crippen LogP contribution < -0.4 is 4.72 Å². The zero-order valence-corrected chi connectivity index (χ0v) is 15.3. The topological polar surface area (TPSA) is 76.4 Å². The minimum absolute atomic E-state index is 0.0948. The van der Waals surface area contributed by atoms with Crippen molar-refractivity contribution in [3.05, 3.63) is 35.0 Å². The second kappa shape index (κ2) is 6.14. The number of aromatic nitrogens is 3. The van der Waals surface area contributed by atoms with Crippen LogP contribution in [-0.2, 0) is 16.4 Å². The van der Waals surface area contributed by atoms with E-state index >= 15 is 0 Å². The number of anilines is 1. The molecule has 0 bridgehead atoms. The third-order valence-corrected chi connectivity index (χ3v) is 6.54. The van der Waals surface area contributed by atoms with Crippen molar-refractivity contribution in [3.63, 3.8) is 0 Å². The summed E-state index contributed by atoms with van der Waals surface area (Å²) in [5.74, 6) is 0. The average molecular weight is 369 g/mol. The third-order valence-electron chi connectivity index (χ3n) is 3.27. The number of sulfonamides is 1. The van der Waals surface area contributed by atoms with Gasteiger partial charge in [-0.3, -0.25) is 4.72 Å². The van der Waals surface area contributed by atoms with Gasteiger partial charge in [0.1, 0.15) is 5.01 Å². The largest absolute Gasteiger partial charge is 0.281 e. The first-order valence-corrected chi connectivity index (χ1v) is 10.5. The lowest BCUT2D eigenvalue weighted by molar-refractivity contribution is 0.592. The Morgan fingerprint density at radius 1 is 1.30 bits per heavy atom. The van der Waals surface area contributed by atoms with Gasteiger partial charge in [0.2, 0.25) is 9.99 Å². The van der Waals surface area contributed by atoms with Crippen LogP contribution in [0.5, 0.6) is 0 Å². The fraction of sp³-hybridized carbons (Fsp3) is 0.286. The molecule has 0 radical (unpaired) electrons. The van der Waals surface area contributed by atoms with E-state index < -0.39 is 10.0 Å². The Balaban J connectivity index is 2.01. The molecule has 3 aromatic rings. The molecule has 0 amide bonds. The predicted octanol–water partition coefficient (Wildman–Crippen LogP) is 3.18. The second-order valence-electron chi connectivity index (χ2n) is 4.88. The van der Waals surface area contributed by atoms with Crippen molar-refractivity contribution in [2.45, 2.75) is 30.2 Å². The summed E-state index contributed by atoms with van der Waals surface area (Å²) in [5, 5.41) is 5.29. The normalized spacial score (nSPS) is 12.0. The van der Waals surface area contributed by atoms with Crippen molar-refractivity contribution >= 4 is 43.8 Å². The lowest BCUT2D eigenvalue weighted by atomic mass is 10.3. The minimum Gasteiger partial charge on any atom is -0.278 e. The van der Waals surface area contributed by atoms with Gasteiger partial charge in [0.25, 0.3) is 10.0 Å². The number of imidazole rings is 1. The van der Waals surface area contributed by atoms with E-state index in [0.717, 1.165) is 16.3 Å². The highest BCUT2D eigenvalue weighted by Gasteiger charge is 2.25. The second-order valence-corrected chi connectivity index (χ2v) is 8.40. The van der Waals surface area contributed by atoms with Gasteiger partial charge in [0, 0.05) is 10.6 Å². The summed E-state index contributed by atoms with van der Waals surface area (Å²) in [5.41, 5.74) is 0.961. The number of fused-ring (bicyclic) bond motifs is 1. The van der Waals surface area contributed by atoms with Crippen molar-refractivity contribution < 1.29 is 8.42 Å². The van der Waals surface area contributed by atoms with Crippen molar-refractivity contribution in [1.82, 2.24) is 14.6 Å². The fourth-order valence-corrected chi connectivity index (χ4v) is 4.86. The molecular weight excluding hydrogens is 352 g/mol. The quantitative estimate of drug-likeness (QED) is 0.700. The highest BCUT2D eigenvalue weighted by atomic mass is 32.2. The summed E-state index contributed by atoms with van der Waals surface area (Å²) in [6.07, 6.45) is 2.72. The first-order valence-electron chi connectivity index (χ1n) is 6.96. The van der Waals surface area contributed by atoms with E-state index in [4.69, 9.17) is 0 Å².